The van der Waals surface area contributed by atoms with Crippen LogP contribution in [0.2, 0.25) is 0 Å². The number of carboxylic acid groups (broad SMARTS) is 1. The first kappa shape index (κ1) is 18.3. The van der Waals surface area contributed by atoms with E-state index in [0.29, 0.717) is 12.4 Å². The molecule has 0 amide bonds. The lowest BCUT2D eigenvalue weighted by Gasteiger charge is -2.20. The number of aryl methyl sites for hydroxylation is 1. The van der Waals surface area contributed by atoms with Crippen molar-refractivity contribution in [1.82, 2.24) is 4.90 Å². The molecule has 0 radical (unpaired) electrons. The zero-order valence-electron chi connectivity index (χ0n) is 13.5. The molecule has 0 unspecified atom stereocenters. The van der Waals surface area contributed by atoms with Gasteiger partial charge in [-0.2, -0.15) is 0 Å². The molecule has 24 heavy (non-hydrogen) atoms. The summed E-state index contributed by atoms with van der Waals surface area (Å²) >= 11 is 0. The summed E-state index contributed by atoms with van der Waals surface area (Å²) in [4.78, 5) is 13.5. The Morgan fingerprint density at radius 2 is 1.79 bits per heavy atom. The molecule has 0 bridgehead atoms. The third-order valence-corrected chi connectivity index (χ3v) is 4.22. The van der Waals surface area contributed by atoms with E-state index in [1.807, 2.05) is 0 Å². The lowest BCUT2D eigenvalue weighted by atomic mass is 10.0. The second-order valence-electron chi connectivity index (χ2n) is 5.80. The summed E-state index contributed by atoms with van der Waals surface area (Å²) in [6.07, 6.45) is 2.26. The van der Waals surface area contributed by atoms with Crippen molar-refractivity contribution in [3.63, 3.8) is 0 Å². The maximum atomic E-state index is 11.2. The standard InChI is InChI=1S/C19H21NO3.ClH/c21-19(22)17-9-3-4-10-18(17)23-13-12-20-11-5-8-15-6-1-2-7-16(15)14-20;/h1-4,6-7,9-10H,5,8,11-14H2,(H,21,22);1H. The third-order valence-electron chi connectivity index (χ3n) is 4.22. The second kappa shape index (κ2) is 8.71. The highest BCUT2D eigenvalue weighted by atomic mass is 35.5. The summed E-state index contributed by atoms with van der Waals surface area (Å²) in [7, 11) is 0. The van der Waals surface area contributed by atoms with E-state index < -0.39 is 5.97 Å². The molecule has 2 aromatic rings. The lowest BCUT2D eigenvalue weighted by Crippen LogP contribution is -2.28. The van der Waals surface area contributed by atoms with Crippen molar-refractivity contribution in [1.29, 1.82) is 0 Å². The Morgan fingerprint density at radius 1 is 1.08 bits per heavy atom. The largest absolute Gasteiger partial charge is 0.491 e. The number of rotatable bonds is 5. The number of hydrogen-bond acceptors (Lipinski definition) is 3. The molecule has 0 aromatic heterocycles. The SMILES string of the molecule is Cl.O=C(O)c1ccccc1OCCN1CCCc2ccccc2C1. The van der Waals surface area contributed by atoms with Crippen molar-refractivity contribution >= 4 is 18.4 Å². The Kier molecular flexibility index (Phi) is 6.64. The predicted octanol–water partition coefficient (Wildman–Crippen LogP) is 3.63. The molecule has 0 spiro atoms. The van der Waals surface area contributed by atoms with Gasteiger partial charge >= 0.3 is 5.97 Å². The van der Waals surface area contributed by atoms with Crippen LogP contribution in [0.4, 0.5) is 0 Å². The number of hydrogen-bond donors (Lipinski definition) is 1. The normalized spacial score (nSPS) is 14.2. The van der Waals surface area contributed by atoms with Crippen molar-refractivity contribution < 1.29 is 14.6 Å². The number of benzene rings is 2. The van der Waals surface area contributed by atoms with Crippen LogP contribution >= 0.6 is 12.4 Å². The van der Waals surface area contributed by atoms with E-state index in [4.69, 9.17) is 9.84 Å². The summed E-state index contributed by atoms with van der Waals surface area (Å²) < 4.78 is 5.71. The smallest absolute Gasteiger partial charge is 0.339 e. The van der Waals surface area contributed by atoms with Crippen LogP contribution in [0.1, 0.15) is 27.9 Å². The summed E-state index contributed by atoms with van der Waals surface area (Å²) in [5.41, 5.74) is 3.04. The van der Waals surface area contributed by atoms with E-state index in [1.165, 1.54) is 11.1 Å². The van der Waals surface area contributed by atoms with Gasteiger partial charge < -0.3 is 9.84 Å². The Hall–Kier alpha value is -2.04. The predicted molar refractivity (Wildman–Crippen MR) is 96.2 cm³/mol. The Labute approximate surface area is 148 Å². The van der Waals surface area contributed by atoms with Crippen LogP contribution in [0, 0.1) is 0 Å². The first-order chi connectivity index (χ1) is 11.2. The van der Waals surface area contributed by atoms with Crippen molar-refractivity contribution in [3.8, 4) is 5.75 Å². The Morgan fingerprint density at radius 3 is 2.58 bits per heavy atom. The number of nitrogens with zero attached hydrogens (tertiary/aromatic N) is 1. The van der Waals surface area contributed by atoms with Gasteiger partial charge in [0.2, 0.25) is 0 Å². The number of carboxylic acids is 1. The summed E-state index contributed by atoms with van der Waals surface area (Å²) in [5.74, 6) is -0.514. The fourth-order valence-electron chi connectivity index (χ4n) is 3.01. The molecule has 1 aliphatic rings. The maximum absolute atomic E-state index is 11.2. The molecule has 5 heteroatoms. The lowest BCUT2D eigenvalue weighted by molar-refractivity contribution is 0.0691. The molecule has 1 aliphatic heterocycles. The van der Waals surface area contributed by atoms with E-state index in [1.54, 1.807) is 24.3 Å². The topological polar surface area (TPSA) is 49.8 Å². The molecule has 1 heterocycles. The van der Waals surface area contributed by atoms with Gasteiger partial charge in [-0.15, -0.1) is 12.4 Å². The van der Waals surface area contributed by atoms with Gasteiger partial charge in [0.25, 0.3) is 0 Å². The molecule has 2 aromatic carbocycles. The van der Waals surface area contributed by atoms with Gasteiger partial charge in [0.05, 0.1) is 0 Å². The molecule has 0 saturated heterocycles. The molecule has 0 aliphatic carbocycles. The van der Waals surface area contributed by atoms with Crippen LogP contribution in [-0.4, -0.2) is 35.7 Å². The zero-order valence-corrected chi connectivity index (χ0v) is 14.3. The maximum Gasteiger partial charge on any atom is 0.339 e. The van der Waals surface area contributed by atoms with Crippen LogP contribution in [-0.2, 0) is 13.0 Å². The first-order valence-electron chi connectivity index (χ1n) is 7.98. The molecule has 0 saturated carbocycles. The fourth-order valence-corrected chi connectivity index (χ4v) is 3.01. The molecule has 0 fully saturated rings. The van der Waals surface area contributed by atoms with Crippen molar-refractivity contribution in [2.45, 2.75) is 19.4 Å². The third kappa shape index (κ3) is 4.49. The number of para-hydroxylation sites is 1. The average Bonchev–Trinajstić information content (AvgIpc) is 2.77. The molecular formula is C19H22ClNO3. The Balaban J connectivity index is 0.00000208. The minimum absolute atomic E-state index is 0. The summed E-state index contributed by atoms with van der Waals surface area (Å²) in [6, 6.07) is 15.4. The molecule has 1 N–H and O–H groups in total. The molecule has 128 valence electrons. The van der Waals surface area contributed by atoms with E-state index in [0.717, 1.165) is 32.5 Å². The monoisotopic (exact) mass is 347 g/mol. The van der Waals surface area contributed by atoms with Gasteiger partial charge in [0.1, 0.15) is 17.9 Å². The van der Waals surface area contributed by atoms with Crippen LogP contribution in [0.5, 0.6) is 5.75 Å². The van der Waals surface area contributed by atoms with Crippen LogP contribution in [0.15, 0.2) is 48.5 Å². The van der Waals surface area contributed by atoms with E-state index >= 15 is 0 Å². The zero-order chi connectivity index (χ0) is 16.1. The number of ether oxygens (including phenoxy) is 1. The second-order valence-corrected chi connectivity index (χ2v) is 5.80. The fraction of sp³-hybridized carbons (Fsp3) is 0.316. The highest BCUT2D eigenvalue weighted by molar-refractivity contribution is 5.90. The van der Waals surface area contributed by atoms with E-state index in [9.17, 15) is 4.79 Å². The highest BCUT2D eigenvalue weighted by Crippen LogP contribution is 2.20. The van der Waals surface area contributed by atoms with Gasteiger partial charge in [-0.05, 0) is 42.6 Å². The minimum atomic E-state index is -0.954. The first-order valence-corrected chi connectivity index (χ1v) is 7.98. The number of aromatic carboxylic acids is 1. The van der Waals surface area contributed by atoms with Gasteiger partial charge in [-0.25, -0.2) is 4.79 Å². The average molecular weight is 348 g/mol. The summed E-state index contributed by atoms with van der Waals surface area (Å²) in [5, 5.41) is 9.17. The molecule has 3 rings (SSSR count). The van der Waals surface area contributed by atoms with Gasteiger partial charge in [0, 0.05) is 13.1 Å². The van der Waals surface area contributed by atoms with Crippen molar-refractivity contribution in [2.75, 3.05) is 19.7 Å². The Bertz CT molecular complexity index is 690. The van der Waals surface area contributed by atoms with E-state index in [-0.39, 0.29) is 18.0 Å². The van der Waals surface area contributed by atoms with Crippen LogP contribution in [0.3, 0.4) is 0 Å². The molecule has 4 nitrogen and oxygen atoms in total. The quantitative estimate of drug-likeness (QED) is 0.897. The summed E-state index contributed by atoms with van der Waals surface area (Å²) in [6.45, 7) is 3.26. The van der Waals surface area contributed by atoms with Gasteiger partial charge in [-0.3, -0.25) is 4.90 Å². The van der Waals surface area contributed by atoms with Crippen LogP contribution < -0.4 is 4.74 Å². The van der Waals surface area contributed by atoms with Gasteiger partial charge in [0.15, 0.2) is 0 Å². The molecule has 0 atom stereocenters. The van der Waals surface area contributed by atoms with Crippen molar-refractivity contribution in [3.05, 3.63) is 65.2 Å². The number of halogens is 1. The number of fused-ring (bicyclic) bond motifs is 1. The van der Waals surface area contributed by atoms with Gasteiger partial charge in [-0.1, -0.05) is 36.4 Å². The molecular weight excluding hydrogens is 326 g/mol. The van der Waals surface area contributed by atoms with Crippen LogP contribution in [0.25, 0.3) is 0 Å². The number of carbonyl (C=O) groups is 1. The van der Waals surface area contributed by atoms with E-state index in [2.05, 4.69) is 29.2 Å². The minimum Gasteiger partial charge on any atom is -0.491 e. The van der Waals surface area contributed by atoms with Crippen molar-refractivity contribution in [2.24, 2.45) is 0 Å². The highest BCUT2D eigenvalue weighted by Gasteiger charge is 2.14.